The molecule has 1 saturated heterocycles. The zero-order chi connectivity index (χ0) is 21.9. The van der Waals surface area contributed by atoms with Gasteiger partial charge in [-0.25, -0.2) is 4.98 Å². The number of rotatable bonds is 9. The molecular formula is C22H30N5O3-. The summed E-state index contributed by atoms with van der Waals surface area (Å²) >= 11 is 0. The van der Waals surface area contributed by atoms with Crippen molar-refractivity contribution in [3.05, 3.63) is 47.2 Å². The number of nitrogens with zero attached hydrogens (tertiary/aromatic N) is 3. The number of aromatic nitrogens is 1. The van der Waals surface area contributed by atoms with Gasteiger partial charge < -0.3 is 30.5 Å². The van der Waals surface area contributed by atoms with Crippen molar-refractivity contribution in [3.8, 4) is 5.75 Å². The number of carbonyl (C=O) groups excluding carboxylic acids is 2. The van der Waals surface area contributed by atoms with Crippen LogP contribution in [0.15, 0.2) is 36.2 Å². The fraction of sp³-hybridized carbons (Fsp3) is 0.455. The molecule has 8 heteroatoms. The van der Waals surface area contributed by atoms with Crippen LogP contribution in [0.5, 0.6) is 5.75 Å². The van der Waals surface area contributed by atoms with Crippen LogP contribution in [0, 0.1) is 5.92 Å². The summed E-state index contributed by atoms with van der Waals surface area (Å²) in [6.45, 7) is 7.94. The highest BCUT2D eigenvalue weighted by molar-refractivity contribution is 6.02. The summed E-state index contributed by atoms with van der Waals surface area (Å²) in [4.78, 5) is 29.7. The van der Waals surface area contributed by atoms with E-state index in [1.807, 2.05) is 18.7 Å². The molecule has 0 spiro atoms. The maximum Gasteiger partial charge on any atom is 0.255 e. The van der Waals surface area contributed by atoms with Gasteiger partial charge in [0.05, 0.1) is 12.2 Å². The summed E-state index contributed by atoms with van der Waals surface area (Å²) in [5, 5.41) is 15.0. The third-order valence-electron chi connectivity index (χ3n) is 4.61. The lowest BCUT2D eigenvalue weighted by Crippen LogP contribution is -2.39. The van der Waals surface area contributed by atoms with Gasteiger partial charge in [-0.2, -0.15) is 0 Å². The number of ether oxygens (including phenoxy) is 1. The molecular weight excluding hydrogens is 382 g/mol. The van der Waals surface area contributed by atoms with E-state index in [4.69, 9.17) is 4.74 Å². The average Bonchev–Trinajstić information content (AvgIpc) is 2.72. The summed E-state index contributed by atoms with van der Waals surface area (Å²) in [7, 11) is 0. The molecule has 162 valence electrons. The second-order valence-corrected chi connectivity index (χ2v) is 7.29. The molecule has 8 nitrogen and oxygen atoms in total. The summed E-state index contributed by atoms with van der Waals surface area (Å²) in [6.07, 6.45) is 9.70. The Morgan fingerprint density at radius 2 is 2.27 bits per heavy atom. The summed E-state index contributed by atoms with van der Waals surface area (Å²) in [6, 6.07) is 1.70. The Labute approximate surface area is 177 Å². The number of anilines is 1. The predicted octanol–water partition coefficient (Wildman–Crippen LogP) is 3.33. The van der Waals surface area contributed by atoms with E-state index in [1.54, 1.807) is 18.2 Å². The number of nitrogens with one attached hydrogen (secondary N) is 2. The van der Waals surface area contributed by atoms with Crippen LogP contribution in [-0.2, 0) is 4.79 Å². The fourth-order valence-corrected chi connectivity index (χ4v) is 3.23. The number of hydrogen-bond donors (Lipinski definition) is 2. The first kappa shape index (κ1) is 23.1. The molecule has 0 unspecified atom stereocenters. The highest BCUT2D eigenvalue weighted by Crippen LogP contribution is 2.27. The minimum atomic E-state index is -0.312. The highest BCUT2D eigenvalue weighted by atomic mass is 16.5. The Kier molecular flexibility index (Phi) is 9.05. The van der Waals surface area contributed by atoms with Crippen molar-refractivity contribution in [1.82, 2.24) is 15.2 Å². The molecule has 0 radical (unpaired) electrons. The van der Waals surface area contributed by atoms with E-state index in [0.29, 0.717) is 41.8 Å². The number of piperidine rings is 1. The van der Waals surface area contributed by atoms with Crippen molar-refractivity contribution in [1.29, 1.82) is 0 Å². The van der Waals surface area contributed by atoms with Crippen molar-refractivity contribution < 1.29 is 14.3 Å². The second-order valence-electron chi connectivity index (χ2n) is 7.29. The molecule has 30 heavy (non-hydrogen) atoms. The van der Waals surface area contributed by atoms with Gasteiger partial charge in [0, 0.05) is 25.0 Å². The molecule has 1 aromatic rings. The third kappa shape index (κ3) is 6.72. The number of hydrogen-bond acceptors (Lipinski definition) is 5. The standard InChI is InChI=1S/C22H30N5O3/c1-4-7-18(12-20(23)25-15-28)26-21-19(30-10-5-2)11-17(13-24-21)22(29)27-9-6-8-16(3)14-27/h4,7,11-13,15-16H,5-6,8-10,14H2,1-3H3,(H2-,23,24,25,26,28,29)/q-1/b7-4-/t16-/m1/s1. The maximum absolute atomic E-state index is 12.9. The topological polar surface area (TPSA) is 106 Å². The molecule has 1 aromatic heterocycles. The van der Waals surface area contributed by atoms with Gasteiger partial charge >= 0.3 is 0 Å². The lowest BCUT2D eigenvalue weighted by Gasteiger charge is -2.31. The molecule has 1 fully saturated rings. The first-order valence-corrected chi connectivity index (χ1v) is 10.3. The summed E-state index contributed by atoms with van der Waals surface area (Å²) in [5.41, 5.74) is 0.969. The van der Waals surface area contributed by atoms with Crippen LogP contribution in [0.1, 0.15) is 50.4 Å². The molecule has 2 N–H and O–H groups in total. The van der Waals surface area contributed by atoms with E-state index in [-0.39, 0.29) is 11.7 Å². The Morgan fingerprint density at radius 1 is 1.47 bits per heavy atom. The van der Waals surface area contributed by atoms with Crippen LogP contribution in [0.4, 0.5) is 5.82 Å². The van der Waals surface area contributed by atoms with Crippen LogP contribution >= 0.6 is 0 Å². The molecule has 0 bridgehead atoms. The van der Waals surface area contributed by atoms with Gasteiger partial charge in [-0.1, -0.05) is 25.8 Å². The van der Waals surface area contributed by atoms with E-state index in [9.17, 15) is 15.0 Å². The zero-order valence-corrected chi connectivity index (χ0v) is 17.9. The van der Waals surface area contributed by atoms with Gasteiger partial charge in [0.2, 0.25) is 0 Å². The predicted molar refractivity (Wildman–Crippen MR) is 118 cm³/mol. The molecule has 0 aliphatic carbocycles. The van der Waals surface area contributed by atoms with Gasteiger partial charge in [0.1, 0.15) is 6.41 Å². The van der Waals surface area contributed by atoms with E-state index < -0.39 is 0 Å². The summed E-state index contributed by atoms with van der Waals surface area (Å²) < 4.78 is 5.83. The van der Waals surface area contributed by atoms with Crippen molar-refractivity contribution in [2.75, 3.05) is 25.0 Å². The lowest BCUT2D eigenvalue weighted by atomic mass is 10.00. The molecule has 1 atom stereocenters. The molecule has 1 aliphatic heterocycles. The van der Waals surface area contributed by atoms with Gasteiger partial charge in [0.15, 0.2) is 11.6 Å². The molecule has 0 aromatic carbocycles. The van der Waals surface area contributed by atoms with Gasteiger partial charge in [-0.3, -0.25) is 4.79 Å². The number of carbonyl (C=O) groups is 2. The quantitative estimate of drug-likeness (QED) is 0.280. The van der Waals surface area contributed by atoms with Crippen LogP contribution in [0.3, 0.4) is 0 Å². The van der Waals surface area contributed by atoms with Crippen LogP contribution in [-0.4, -0.2) is 47.7 Å². The van der Waals surface area contributed by atoms with Crippen molar-refractivity contribution in [2.45, 2.75) is 40.0 Å². The van der Waals surface area contributed by atoms with E-state index in [1.165, 1.54) is 12.3 Å². The van der Waals surface area contributed by atoms with E-state index in [0.717, 1.165) is 32.4 Å². The number of likely N-dealkylation sites (tertiary alicyclic amines) is 1. The highest BCUT2D eigenvalue weighted by Gasteiger charge is 2.23. The van der Waals surface area contributed by atoms with E-state index in [2.05, 4.69) is 22.5 Å². The first-order chi connectivity index (χ1) is 14.5. The van der Waals surface area contributed by atoms with Crippen molar-refractivity contribution >= 4 is 24.0 Å². The zero-order valence-electron chi connectivity index (χ0n) is 17.9. The molecule has 0 saturated carbocycles. The molecule has 1 aliphatic rings. The molecule has 2 heterocycles. The Hall–Kier alpha value is -3.16. The minimum absolute atomic E-state index is 0.0488. The average molecular weight is 413 g/mol. The number of amidine groups is 1. The lowest BCUT2D eigenvalue weighted by molar-refractivity contribution is -0.108. The minimum Gasteiger partial charge on any atom is -0.490 e. The van der Waals surface area contributed by atoms with Crippen molar-refractivity contribution in [3.63, 3.8) is 0 Å². The number of allylic oxidation sites excluding steroid dienone is 2. The monoisotopic (exact) mass is 412 g/mol. The second kappa shape index (κ2) is 11.7. The third-order valence-corrected chi connectivity index (χ3v) is 4.61. The van der Waals surface area contributed by atoms with Crippen molar-refractivity contribution in [2.24, 2.45) is 5.92 Å². The van der Waals surface area contributed by atoms with Crippen LogP contribution in [0.2, 0.25) is 0 Å². The van der Waals surface area contributed by atoms with E-state index >= 15 is 0 Å². The SMILES string of the molecule is C/C=C\C(=C/C(=[N-])NC=O)Nc1ncc(C(=O)N2CCC[C@@H](C)C2)cc1OCCC. The Bertz CT molecular complexity index is 819. The largest absolute Gasteiger partial charge is 0.490 e. The number of pyridine rings is 1. The maximum atomic E-state index is 12.9. The molecule has 2 rings (SSSR count). The first-order valence-electron chi connectivity index (χ1n) is 10.3. The van der Waals surface area contributed by atoms with Gasteiger partial charge in [0.25, 0.3) is 5.91 Å². The van der Waals surface area contributed by atoms with Gasteiger partial charge in [-0.05, 0) is 50.3 Å². The molecule has 2 amide bonds. The Balaban J connectivity index is 2.29. The smallest absolute Gasteiger partial charge is 0.255 e. The van der Waals surface area contributed by atoms with Crippen LogP contribution < -0.4 is 15.4 Å². The normalized spacial score (nSPS) is 17.0. The Morgan fingerprint density at radius 3 is 2.93 bits per heavy atom. The fourth-order valence-electron chi connectivity index (χ4n) is 3.23. The summed E-state index contributed by atoms with van der Waals surface area (Å²) in [5.74, 6) is 0.992. The number of amides is 2. The van der Waals surface area contributed by atoms with Crippen LogP contribution in [0.25, 0.3) is 5.41 Å². The van der Waals surface area contributed by atoms with Gasteiger partial charge in [-0.15, -0.1) is 0 Å².